The number of hydrogen-bond donors (Lipinski definition) is 0. The maximum atomic E-state index is 13.1. The van der Waals surface area contributed by atoms with Gasteiger partial charge in [-0.3, -0.25) is 0 Å². The van der Waals surface area contributed by atoms with Crippen LogP contribution in [0.1, 0.15) is 16.2 Å². The fourth-order valence-corrected chi connectivity index (χ4v) is 1.87. The lowest BCUT2D eigenvalue weighted by atomic mass is 10.2. The molecule has 0 radical (unpaired) electrons. The van der Waals surface area contributed by atoms with Crippen molar-refractivity contribution in [2.75, 3.05) is 0 Å². The highest BCUT2D eigenvalue weighted by molar-refractivity contribution is 5.91. The van der Waals surface area contributed by atoms with Crippen molar-refractivity contribution in [3.05, 3.63) is 59.5 Å². The van der Waals surface area contributed by atoms with E-state index in [0.29, 0.717) is 17.0 Å². The van der Waals surface area contributed by atoms with E-state index < -0.39 is 17.6 Å². The number of carbonyl (C=O) groups excluding carboxylic acids is 1. The maximum absolute atomic E-state index is 13.1. The Balaban J connectivity index is 1.86. The zero-order chi connectivity index (χ0) is 15.0. The second kappa shape index (κ2) is 4.97. The molecule has 0 saturated carbocycles. The minimum absolute atomic E-state index is 0.0808. The van der Waals surface area contributed by atoms with Crippen molar-refractivity contribution in [2.45, 2.75) is 6.92 Å². The zero-order valence-electron chi connectivity index (χ0n) is 10.9. The van der Waals surface area contributed by atoms with E-state index in [0.717, 1.165) is 18.2 Å². The number of nitrogens with zero attached hydrogens (tertiary/aromatic N) is 1. The molecule has 0 bridgehead atoms. The van der Waals surface area contributed by atoms with E-state index in [1.165, 1.54) is 6.07 Å². The minimum Gasteiger partial charge on any atom is -0.441 e. The first-order chi connectivity index (χ1) is 10.0. The van der Waals surface area contributed by atoms with Gasteiger partial charge in [0, 0.05) is 13.0 Å². The molecule has 0 atom stereocenters. The van der Waals surface area contributed by atoms with Crippen LogP contribution in [-0.2, 0) is 0 Å². The molecule has 3 aromatic rings. The number of fused-ring (bicyclic) bond motifs is 1. The first-order valence-corrected chi connectivity index (χ1v) is 6.07. The van der Waals surface area contributed by atoms with E-state index in [-0.39, 0.29) is 11.3 Å². The summed E-state index contributed by atoms with van der Waals surface area (Å²) >= 11 is 0. The Bertz CT molecular complexity index is 842. The van der Waals surface area contributed by atoms with Crippen LogP contribution in [0, 0.1) is 18.6 Å². The summed E-state index contributed by atoms with van der Waals surface area (Å²) in [5, 5.41) is 0. The monoisotopic (exact) mass is 289 g/mol. The quantitative estimate of drug-likeness (QED) is 0.534. The molecule has 0 unspecified atom stereocenters. The third-order valence-corrected chi connectivity index (χ3v) is 2.83. The normalized spacial score (nSPS) is 10.8. The van der Waals surface area contributed by atoms with E-state index in [4.69, 9.17) is 9.15 Å². The number of rotatable bonds is 2. The number of ether oxygens (including phenoxy) is 1. The molecule has 3 rings (SSSR count). The topological polar surface area (TPSA) is 52.3 Å². The van der Waals surface area contributed by atoms with Gasteiger partial charge in [0.25, 0.3) is 0 Å². The summed E-state index contributed by atoms with van der Waals surface area (Å²) in [6.45, 7) is 1.70. The summed E-state index contributed by atoms with van der Waals surface area (Å²) in [4.78, 5) is 16.0. The van der Waals surface area contributed by atoms with Crippen molar-refractivity contribution in [2.24, 2.45) is 0 Å². The molecule has 106 valence electrons. The molecule has 0 N–H and O–H groups in total. The molecule has 1 aromatic heterocycles. The Labute approximate surface area is 118 Å². The average Bonchev–Trinajstić information content (AvgIpc) is 2.81. The number of benzene rings is 2. The van der Waals surface area contributed by atoms with Crippen molar-refractivity contribution in [1.29, 1.82) is 0 Å². The van der Waals surface area contributed by atoms with Gasteiger partial charge in [-0.25, -0.2) is 18.6 Å². The van der Waals surface area contributed by atoms with E-state index >= 15 is 0 Å². The number of carbonyl (C=O) groups is 1. The number of esters is 1. The van der Waals surface area contributed by atoms with Gasteiger partial charge in [-0.2, -0.15) is 0 Å². The van der Waals surface area contributed by atoms with Crippen LogP contribution in [0.25, 0.3) is 11.1 Å². The summed E-state index contributed by atoms with van der Waals surface area (Å²) < 4.78 is 36.3. The van der Waals surface area contributed by atoms with Gasteiger partial charge in [-0.15, -0.1) is 0 Å². The highest BCUT2D eigenvalue weighted by Crippen LogP contribution is 2.22. The lowest BCUT2D eigenvalue weighted by molar-refractivity contribution is 0.0734. The number of halogens is 2. The Morgan fingerprint density at radius 1 is 1.14 bits per heavy atom. The van der Waals surface area contributed by atoms with Crippen LogP contribution in [0.3, 0.4) is 0 Å². The van der Waals surface area contributed by atoms with Gasteiger partial charge in [-0.1, -0.05) is 0 Å². The molecule has 2 aromatic carbocycles. The Kier molecular flexibility index (Phi) is 3.13. The number of hydrogen-bond acceptors (Lipinski definition) is 4. The average molecular weight is 289 g/mol. The molecule has 0 fully saturated rings. The molecule has 1 heterocycles. The van der Waals surface area contributed by atoms with Gasteiger partial charge in [0.15, 0.2) is 23.1 Å². The minimum atomic E-state index is -1.11. The summed E-state index contributed by atoms with van der Waals surface area (Å²) in [5.74, 6) is -2.19. The lowest BCUT2D eigenvalue weighted by Gasteiger charge is -2.04. The SMILES string of the molecule is Cc1nc2ccc(OC(=O)c3ccc(F)c(F)c3)cc2o1. The lowest BCUT2D eigenvalue weighted by Crippen LogP contribution is -2.09. The summed E-state index contributed by atoms with van der Waals surface area (Å²) in [5.41, 5.74) is 1.03. The van der Waals surface area contributed by atoms with Crippen molar-refractivity contribution < 1.29 is 22.7 Å². The largest absolute Gasteiger partial charge is 0.441 e. The molecule has 4 nitrogen and oxygen atoms in total. The van der Waals surface area contributed by atoms with Gasteiger partial charge in [0.05, 0.1) is 5.56 Å². The van der Waals surface area contributed by atoms with Crippen LogP contribution >= 0.6 is 0 Å². The molecule has 0 aliphatic carbocycles. The van der Waals surface area contributed by atoms with Crippen LogP contribution < -0.4 is 4.74 Å². The first-order valence-electron chi connectivity index (χ1n) is 6.07. The second-order valence-electron chi connectivity index (χ2n) is 4.38. The summed E-state index contributed by atoms with van der Waals surface area (Å²) in [6.07, 6.45) is 0. The van der Waals surface area contributed by atoms with Gasteiger partial charge in [0.2, 0.25) is 0 Å². The van der Waals surface area contributed by atoms with Gasteiger partial charge >= 0.3 is 5.97 Å². The Morgan fingerprint density at radius 2 is 1.95 bits per heavy atom. The van der Waals surface area contributed by atoms with Crippen LogP contribution in [0.5, 0.6) is 5.75 Å². The number of oxazole rings is 1. The van der Waals surface area contributed by atoms with Crippen molar-refractivity contribution in [1.82, 2.24) is 4.98 Å². The standard InChI is InChI=1S/C15H9F2NO3/c1-8-18-13-5-3-10(7-14(13)20-8)21-15(19)9-2-4-11(16)12(17)6-9/h2-7H,1H3. The van der Waals surface area contributed by atoms with Crippen LogP contribution in [0.15, 0.2) is 40.8 Å². The molecular formula is C15H9F2NO3. The molecule has 21 heavy (non-hydrogen) atoms. The highest BCUT2D eigenvalue weighted by Gasteiger charge is 2.13. The molecule has 0 saturated heterocycles. The van der Waals surface area contributed by atoms with E-state index in [1.54, 1.807) is 19.1 Å². The first kappa shape index (κ1) is 13.2. The maximum Gasteiger partial charge on any atom is 0.343 e. The number of aromatic nitrogens is 1. The van der Waals surface area contributed by atoms with Crippen LogP contribution in [0.2, 0.25) is 0 Å². The smallest absolute Gasteiger partial charge is 0.343 e. The number of aryl methyl sites for hydroxylation is 1. The third-order valence-electron chi connectivity index (χ3n) is 2.83. The predicted molar refractivity (Wildman–Crippen MR) is 70.1 cm³/mol. The van der Waals surface area contributed by atoms with Gasteiger partial charge < -0.3 is 9.15 Å². The van der Waals surface area contributed by atoms with Crippen molar-refractivity contribution in [3.8, 4) is 5.75 Å². The van der Waals surface area contributed by atoms with E-state index in [2.05, 4.69) is 4.98 Å². The summed E-state index contributed by atoms with van der Waals surface area (Å²) in [6, 6.07) is 7.50. The van der Waals surface area contributed by atoms with Crippen LogP contribution in [-0.4, -0.2) is 11.0 Å². The highest BCUT2D eigenvalue weighted by atomic mass is 19.2. The van der Waals surface area contributed by atoms with Crippen molar-refractivity contribution in [3.63, 3.8) is 0 Å². The second-order valence-corrected chi connectivity index (χ2v) is 4.38. The Morgan fingerprint density at radius 3 is 2.71 bits per heavy atom. The molecule has 0 amide bonds. The van der Waals surface area contributed by atoms with E-state index in [9.17, 15) is 13.6 Å². The molecule has 0 aliphatic heterocycles. The van der Waals surface area contributed by atoms with Gasteiger partial charge in [-0.05, 0) is 30.3 Å². The molecule has 0 aliphatic rings. The molecule has 6 heteroatoms. The molecular weight excluding hydrogens is 280 g/mol. The van der Waals surface area contributed by atoms with Crippen LogP contribution in [0.4, 0.5) is 8.78 Å². The predicted octanol–water partition coefficient (Wildman–Crippen LogP) is 3.63. The Hall–Kier alpha value is -2.76. The van der Waals surface area contributed by atoms with Gasteiger partial charge in [0.1, 0.15) is 11.3 Å². The fourth-order valence-electron chi connectivity index (χ4n) is 1.87. The zero-order valence-corrected chi connectivity index (χ0v) is 10.9. The fraction of sp³-hybridized carbons (Fsp3) is 0.0667. The third kappa shape index (κ3) is 2.60. The molecule has 0 spiro atoms. The summed E-state index contributed by atoms with van der Waals surface area (Å²) in [7, 11) is 0. The van der Waals surface area contributed by atoms with Crippen molar-refractivity contribution >= 4 is 17.1 Å². The van der Waals surface area contributed by atoms with E-state index in [1.807, 2.05) is 0 Å².